The quantitative estimate of drug-likeness (QED) is 0.0495. The predicted molar refractivity (Wildman–Crippen MR) is 206 cm³/mol. The van der Waals surface area contributed by atoms with Crippen LogP contribution in [0.15, 0.2) is 149 Å². The molecule has 6 rings (SSSR count). The largest absolute Gasteiger partial charge is 0.321 e. The Morgan fingerprint density at radius 2 is 1.46 bits per heavy atom. The normalized spacial score (nSPS) is 11.7. The van der Waals surface area contributed by atoms with Crippen molar-refractivity contribution in [1.29, 1.82) is 0 Å². The summed E-state index contributed by atoms with van der Waals surface area (Å²) in [6.45, 7) is 2.02. The van der Waals surface area contributed by atoms with Crippen molar-refractivity contribution in [2.75, 3.05) is 10.6 Å². The van der Waals surface area contributed by atoms with Gasteiger partial charge >= 0.3 is 0 Å². The van der Waals surface area contributed by atoms with E-state index in [2.05, 4.69) is 20.9 Å². The van der Waals surface area contributed by atoms with Gasteiger partial charge in [-0.3, -0.25) is 24.5 Å². The first-order valence-corrected chi connectivity index (χ1v) is 17.8. The summed E-state index contributed by atoms with van der Waals surface area (Å²) in [4.78, 5) is 56.2. The minimum atomic E-state index is -0.599. The lowest BCUT2D eigenvalue weighted by atomic mass is 10.1. The highest BCUT2D eigenvalue weighted by Gasteiger charge is 2.24. The molecule has 3 amide bonds. The van der Waals surface area contributed by atoms with Crippen LogP contribution in [0.5, 0.6) is 0 Å². The molecular weight excluding hydrogens is 695 g/mol. The Morgan fingerprint density at radius 3 is 2.12 bits per heavy atom. The van der Waals surface area contributed by atoms with Gasteiger partial charge in [-0.2, -0.15) is 0 Å². The lowest BCUT2D eigenvalue weighted by Gasteiger charge is -2.17. The van der Waals surface area contributed by atoms with Gasteiger partial charge in [-0.15, -0.1) is 23.1 Å². The summed E-state index contributed by atoms with van der Waals surface area (Å²) in [6.07, 6.45) is 1.44. The number of nitrogens with zero attached hydrogens (tertiary/aromatic N) is 2. The third kappa shape index (κ3) is 9.24. The van der Waals surface area contributed by atoms with Gasteiger partial charge in [0, 0.05) is 39.2 Å². The Labute approximate surface area is 307 Å². The van der Waals surface area contributed by atoms with Crippen molar-refractivity contribution in [2.24, 2.45) is 0 Å². The van der Waals surface area contributed by atoms with E-state index in [-0.39, 0.29) is 17.3 Å². The molecule has 0 radical (unpaired) electrons. The number of thioether (sulfide) groups is 1. The average molecular weight is 726 g/mol. The summed E-state index contributed by atoms with van der Waals surface area (Å²) < 4.78 is 0. The number of nitro benzene ring substituents is 1. The predicted octanol–water partition coefficient (Wildman–Crippen LogP) is 8.91. The molecule has 0 saturated carbocycles. The molecule has 12 heteroatoms. The van der Waals surface area contributed by atoms with E-state index in [0.29, 0.717) is 21.9 Å². The maximum absolute atomic E-state index is 13.7. The van der Waals surface area contributed by atoms with E-state index in [4.69, 9.17) is 0 Å². The number of aromatic nitrogens is 1. The highest BCUT2D eigenvalue weighted by atomic mass is 32.2. The van der Waals surface area contributed by atoms with Crippen molar-refractivity contribution in [3.05, 3.63) is 177 Å². The van der Waals surface area contributed by atoms with Gasteiger partial charge in [0.05, 0.1) is 10.6 Å². The second-order valence-electron chi connectivity index (χ2n) is 11.5. The van der Waals surface area contributed by atoms with Gasteiger partial charge in [-0.1, -0.05) is 78.4 Å². The Bertz CT molecular complexity index is 2220. The summed E-state index contributed by atoms with van der Waals surface area (Å²) >= 11 is 2.71. The fraction of sp³-hybridized carbons (Fsp3) is 0.0500. The SMILES string of the molecule is Cc1ccc(-c2csc(NC(=O)C(Sc3ccc(NC(=O)/C(=C/c4ccc([N+](=O)[O-])cc4)NC(=O)c4ccccc4)cc3)c3ccccc3)n2)cc1. The van der Waals surface area contributed by atoms with Crippen LogP contribution >= 0.6 is 23.1 Å². The average Bonchev–Trinajstić information content (AvgIpc) is 3.63. The molecule has 5 aromatic carbocycles. The monoisotopic (exact) mass is 725 g/mol. The molecule has 10 nitrogen and oxygen atoms in total. The van der Waals surface area contributed by atoms with Gasteiger partial charge in [-0.25, -0.2) is 4.98 Å². The fourth-order valence-corrected chi connectivity index (χ4v) is 6.76. The standard InChI is InChI=1S/C40H31N5O5S2/c1-26-12-16-28(17-13-26)35-25-51-40(43-35)44-39(48)36(29-8-4-2-5-9-29)52-33-22-18-31(19-23-33)41-38(47)34(42-37(46)30-10-6-3-7-11-30)24-27-14-20-32(21-15-27)45(49)50/h2-25,36H,1H3,(H,41,47)(H,42,46)(H,43,44,48)/b34-24-. The third-order valence-corrected chi connectivity index (χ3v) is 9.76. The van der Waals surface area contributed by atoms with Crippen molar-refractivity contribution in [3.8, 4) is 11.3 Å². The molecule has 0 aliphatic carbocycles. The highest BCUT2D eigenvalue weighted by molar-refractivity contribution is 8.00. The molecule has 0 aliphatic heterocycles. The molecule has 52 heavy (non-hydrogen) atoms. The van der Waals surface area contributed by atoms with Gasteiger partial charge in [0.1, 0.15) is 10.9 Å². The Hall–Kier alpha value is -6.37. The number of benzene rings is 5. The number of hydrogen-bond acceptors (Lipinski definition) is 8. The summed E-state index contributed by atoms with van der Waals surface area (Å²) in [5.41, 5.74) is 4.84. The number of thiazole rings is 1. The number of carbonyl (C=O) groups is 3. The summed E-state index contributed by atoms with van der Waals surface area (Å²) in [7, 11) is 0. The number of hydrogen-bond donors (Lipinski definition) is 3. The first-order valence-electron chi connectivity index (χ1n) is 16.0. The van der Waals surface area contributed by atoms with Gasteiger partial charge in [0.25, 0.3) is 17.5 Å². The zero-order chi connectivity index (χ0) is 36.5. The number of aryl methyl sites for hydroxylation is 1. The zero-order valence-electron chi connectivity index (χ0n) is 27.7. The summed E-state index contributed by atoms with van der Waals surface area (Å²) in [5, 5.41) is 21.4. The topological polar surface area (TPSA) is 143 Å². The lowest BCUT2D eigenvalue weighted by Crippen LogP contribution is -2.30. The van der Waals surface area contributed by atoms with Crippen LogP contribution in [0.25, 0.3) is 17.3 Å². The molecule has 6 aromatic rings. The molecule has 0 bridgehead atoms. The van der Waals surface area contributed by atoms with Gasteiger partial charge < -0.3 is 16.0 Å². The molecule has 0 aliphatic rings. The van der Waals surface area contributed by atoms with Crippen LogP contribution in [-0.4, -0.2) is 27.6 Å². The molecule has 258 valence electrons. The molecule has 0 fully saturated rings. The first kappa shape index (κ1) is 35.5. The Morgan fingerprint density at radius 1 is 0.808 bits per heavy atom. The van der Waals surface area contributed by atoms with Crippen LogP contribution in [0.3, 0.4) is 0 Å². The molecule has 1 heterocycles. The van der Waals surface area contributed by atoms with E-state index in [1.165, 1.54) is 53.4 Å². The summed E-state index contributed by atoms with van der Waals surface area (Å²) in [5.74, 6) is -1.32. The zero-order valence-corrected chi connectivity index (χ0v) is 29.3. The van der Waals surface area contributed by atoms with Crippen molar-refractivity contribution in [2.45, 2.75) is 17.1 Å². The van der Waals surface area contributed by atoms with Crippen LogP contribution in [0.4, 0.5) is 16.5 Å². The van der Waals surface area contributed by atoms with Gasteiger partial charge in [0.15, 0.2) is 5.13 Å². The van der Waals surface area contributed by atoms with E-state index < -0.39 is 22.0 Å². The fourth-order valence-electron chi connectivity index (χ4n) is 5.01. The Balaban J connectivity index is 1.17. The molecule has 0 spiro atoms. The Kier molecular flexibility index (Phi) is 11.3. The molecule has 1 unspecified atom stereocenters. The number of nitrogens with one attached hydrogen (secondary N) is 3. The number of amides is 3. The number of non-ortho nitro benzene ring substituents is 1. The molecule has 1 atom stereocenters. The first-order chi connectivity index (χ1) is 25.2. The second kappa shape index (κ2) is 16.6. The number of nitro groups is 1. The van der Waals surface area contributed by atoms with Crippen molar-refractivity contribution < 1.29 is 19.3 Å². The molecule has 0 saturated heterocycles. The molecule has 3 N–H and O–H groups in total. The highest BCUT2D eigenvalue weighted by Crippen LogP contribution is 2.37. The second-order valence-corrected chi connectivity index (χ2v) is 13.5. The molecular formula is C40H31N5O5S2. The third-order valence-electron chi connectivity index (χ3n) is 7.73. The lowest BCUT2D eigenvalue weighted by molar-refractivity contribution is -0.384. The summed E-state index contributed by atoms with van der Waals surface area (Å²) in [6, 6.07) is 38.5. The molecule has 1 aromatic heterocycles. The van der Waals surface area contributed by atoms with Gasteiger partial charge in [0.2, 0.25) is 5.91 Å². The van der Waals surface area contributed by atoms with E-state index >= 15 is 0 Å². The van der Waals surface area contributed by atoms with E-state index in [9.17, 15) is 24.5 Å². The van der Waals surface area contributed by atoms with E-state index in [0.717, 1.165) is 27.3 Å². The van der Waals surface area contributed by atoms with Crippen LogP contribution in [-0.2, 0) is 9.59 Å². The minimum Gasteiger partial charge on any atom is -0.321 e. The smallest absolute Gasteiger partial charge is 0.272 e. The maximum Gasteiger partial charge on any atom is 0.272 e. The minimum absolute atomic E-state index is 0.0605. The van der Waals surface area contributed by atoms with Crippen LogP contribution in [0, 0.1) is 17.0 Å². The van der Waals surface area contributed by atoms with E-state index in [1.807, 2.05) is 66.9 Å². The van der Waals surface area contributed by atoms with Crippen LogP contribution in [0.1, 0.15) is 32.3 Å². The van der Waals surface area contributed by atoms with Crippen molar-refractivity contribution in [1.82, 2.24) is 10.3 Å². The number of rotatable bonds is 12. The maximum atomic E-state index is 13.7. The van der Waals surface area contributed by atoms with E-state index in [1.54, 1.807) is 54.6 Å². The van der Waals surface area contributed by atoms with Crippen LogP contribution in [0.2, 0.25) is 0 Å². The van der Waals surface area contributed by atoms with Gasteiger partial charge in [-0.05, 0) is 72.7 Å². The van der Waals surface area contributed by atoms with Crippen molar-refractivity contribution in [3.63, 3.8) is 0 Å². The number of carbonyl (C=O) groups excluding carboxylic acids is 3. The number of anilines is 2. The van der Waals surface area contributed by atoms with Crippen LogP contribution < -0.4 is 16.0 Å². The van der Waals surface area contributed by atoms with Crippen molar-refractivity contribution >= 4 is 63.4 Å².